The van der Waals surface area contributed by atoms with Crippen LogP contribution in [0.15, 0.2) is 82.4 Å². The predicted molar refractivity (Wildman–Crippen MR) is 94.7 cm³/mol. The van der Waals surface area contributed by atoms with E-state index in [1.807, 2.05) is 66.7 Å². The molecule has 124 valence electrons. The Morgan fingerprint density at radius 3 is 2.00 bits per heavy atom. The average molecular weight is 351 g/mol. The number of hydrogen-bond donors (Lipinski definition) is 1. The van der Waals surface area contributed by atoms with E-state index in [4.69, 9.17) is 4.42 Å². The normalized spacial score (nSPS) is 11.7. The van der Waals surface area contributed by atoms with Gasteiger partial charge in [0.25, 0.3) is 0 Å². The Balaban J connectivity index is 2.09. The van der Waals surface area contributed by atoms with Gasteiger partial charge in [0.05, 0.1) is 0 Å². The number of nitrogens with zero attached hydrogens (tertiary/aromatic N) is 1. The SMILES string of the molecule is O=S(=O)(O)c1nc2c(-c3ccccc3)c(-c3ccccc3)ccc2o1. The van der Waals surface area contributed by atoms with Crippen molar-refractivity contribution in [2.75, 3.05) is 0 Å². The minimum absolute atomic E-state index is 0.297. The molecule has 4 aromatic rings. The Labute approximate surface area is 144 Å². The van der Waals surface area contributed by atoms with Crippen molar-refractivity contribution in [1.82, 2.24) is 4.98 Å². The monoisotopic (exact) mass is 351 g/mol. The van der Waals surface area contributed by atoms with Crippen LogP contribution in [0, 0.1) is 0 Å². The van der Waals surface area contributed by atoms with E-state index in [1.165, 1.54) is 0 Å². The second kappa shape index (κ2) is 5.84. The molecule has 1 N–H and O–H groups in total. The van der Waals surface area contributed by atoms with Gasteiger partial charge < -0.3 is 4.42 Å². The number of fused-ring (bicyclic) bond motifs is 1. The van der Waals surface area contributed by atoms with Crippen LogP contribution in [-0.2, 0) is 10.1 Å². The summed E-state index contributed by atoms with van der Waals surface area (Å²) < 4.78 is 37.3. The highest BCUT2D eigenvalue weighted by molar-refractivity contribution is 7.85. The van der Waals surface area contributed by atoms with Gasteiger partial charge in [-0.1, -0.05) is 60.7 Å². The van der Waals surface area contributed by atoms with E-state index in [9.17, 15) is 13.0 Å². The van der Waals surface area contributed by atoms with Gasteiger partial charge in [-0.15, -0.1) is 0 Å². The van der Waals surface area contributed by atoms with Gasteiger partial charge >= 0.3 is 15.3 Å². The van der Waals surface area contributed by atoms with Crippen LogP contribution in [0.2, 0.25) is 0 Å². The van der Waals surface area contributed by atoms with Crippen LogP contribution in [-0.4, -0.2) is 18.0 Å². The molecular weight excluding hydrogens is 338 g/mol. The Morgan fingerprint density at radius 1 is 0.800 bits per heavy atom. The van der Waals surface area contributed by atoms with E-state index in [0.29, 0.717) is 11.1 Å². The molecule has 0 aliphatic carbocycles. The van der Waals surface area contributed by atoms with Crippen molar-refractivity contribution < 1.29 is 17.4 Å². The molecule has 0 atom stereocenters. The van der Waals surface area contributed by atoms with Crippen LogP contribution < -0.4 is 0 Å². The van der Waals surface area contributed by atoms with Gasteiger partial charge in [-0.05, 0) is 28.8 Å². The fraction of sp³-hybridized carbons (Fsp3) is 0. The second-order valence-corrected chi connectivity index (χ2v) is 6.82. The van der Waals surface area contributed by atoms with E-state index < -0.39 is 15.3 Å². The Morgan fingerprint density at radius 2 is 1.40 bits per heavy atom. The smallest absolute Gasteiger partial charge is 0.347 e. The zero-order chi connectivity index (χ0) is 17.4. The van der Waals surface area contributed by atoms with Crippen molar-refractivity contribution in [2.45, 2.75) is 5.22 Å². The van der Waals surface area contributed by atoms with Crippen LogP contribution in [0.3, 0.4) is 0 Å². The van der Waals surface area contributed by atoms with Crippen molar-refractivity contribution in [1.29, 1.82) is 0 Å². The Kier molecular flexibility index (Phi) is 3.63. The lowest BCUT2D eigenvalue weighted by Crippen LogP contribution is -1.97. The molecule has 0 unspecified atom stereocenters. The van der Waals surface area contributed by atoms with Crippen LogP contribution in [0.1, 0.15) is 0 Å². The molecule has 0 fully saturated rings. The third kappa shape index (κ3) is 2.82. The predicted octanol–water partition coefficient (Wildman–Crippen LogP) is 4.41. The van der Waals surface area contributed by atoms with Gasteiger partial charge in [0.1, 0.15) is 5.52 Å². The lowest BCUT2D eigenvalue weighted by molar-refractivity contribution is 0.408. The maximum atomic E-state index is 11.4. The first-order chi connectivity index (χ1) is 12.0. The van der Waals surface area contributed by atoms with Gasteiger partial charge in [0, 0.05) is 5.56 Å². The molecule has 1 heterocycles. The minimum atomic E-state index is -4.52. The maximum Gasteiger partial charge on any atom is 0.347 e. The number of rotatable bonds is 3. The zero-order valence-electron chi connectivity index (χ0n) is 13.0. The summed E-state index contributed by atoms with van der Waals surface area (Å²) in [6.45, 7) is 0. The molecule has 0 spiro atoms. The number of hydrogen-bond acceptors (Lipinski definition) is 4. The van der Waals surface area contributed by atoms with Crippen LogP contribution in [0.25, 0.3) is 33.4 Å². The van der Waals surface area contributed by atoms with Crippen molar-refractivity contribution in [3.05, 3.63) is 72.8 Å². The molecule has 6 heteroatoms. The van der Waals surface area contributed by atoms with Gasteiger partial charge in [-0.2, -0.15) is 13.4 Å². The zero-order valence-corrected chi connectivity index (χ0v) is 13.8. The molecule has 0 saturated carbocycles. The van der Waals surface area contributed by atoms with Crippen LogP contribution in [0.5, 0.6) is 0 Å². The number of aromatic nitrogens is 1. The highest BCUT2D eigenvalue weighted by Crippen LogP contribution is 2.38. The summed E-state index contributed by atoms with van der Waals surface area (Å²) in [6, 6.07) is 22.8. The molecule has 0 radical (unpaired) electrons. The summed E-state index contributed by atoms with van der Waals surface area (Å²) in [5.41, 5.74) is 4.19. The van der Waals surface area contributed by atoms with E-state index in [2.05, 4.69) is 4.98 Å². The minimum Gasteiger partial charge on any atom is -0.426 e. The maximum absolute atomic E-state index is 11.4. The topological polar surface area (TPSA) is 80.4 Å². The molecule has 0 saturated heterocycles. The number of oxazole rings is 1. The fourth-order valence-electron chi connectivity index (χ4n) is 2.84. The lowest BCUT2D eigenvalue weighted by Gasteiger charge is -2.10. The van der Waals surface area contributed by atoms with Crippen molar-refractivity contribution in [3.8, 4) is 22.3 Å². The molecular formula is C19H13NO4S. The molecule has 25 heavy (non-hydrogen) atoms. The first-order valence-corrected chi connectivity index (χ1v) is 9.00. The fourth-order valence-corrected chi connectivity index (χ4v) is 3.24. The van der Waals surface area contributed by atoms with Gasteiger partial charge in [0.2, 0.25) is 0 Å². The molecule has 4 rings (SSSR count). The van der Waals surface area contributed by atoms with Gasteiger partial charge in [-0.25, -0.2) is 0 Å². The van der Waals surface area contributed by atoms with Gasteiger partial charge in [0.15, 0.2) is 5.58 Å². The number of benzene rings is 3. The molecule has 0 aliphatic heterocycles. The molecule has 0 aliphatic rings. The summed E-state index contributed by atoms with van der Waals surface area (Å²) in [6.07, 6.45) is 0. The summed E-state index contributed by atoms with van der Waals surface area (Å²) >= 11 is 0. The van der Waals surface area contributed by atoms with E-state index >= 15 is 0 Å². The highest BCUT2D eigenvalue weighted by Gasteiger charge is 2.22. The third-order valence-corrected chi connectivity index (χ3v) is 4.53. The van der Waals surface area contributed by atoms with Crippen molar-refractivity contribution in [2.24, 2.45) is 0 Å². The molecule has 5 nitrogen and oxygen atoms in total. The average Bonchev–Trinajstić information content (AvgIpc) is 3.07. The van der Waals surface area contributed by atoms with Crippen molar-refractivity contribution >= 4 is 21.2 Å². The van der Waals surface area contributed by atoms with Crippen LogP contribution in [0.4, 0.5) is 0 Å². The molecule has 0 amide bonds. The Bertz CT molecular complexity index is 1150. The summed E-state index contributed by atoms with van der Waals surface area (Å²) in [4.78, 5) is 4.04. The first kappa shape index (κ1) is 15.6. The highest BCUT2D eigenvalue weighted by atomic mass is 32.2. The molecule has 3 aromatic carbocycles. The van der Waals surface area contributed by atoms with E-state index in [0.717, 1.165) is 22.3 Å². The lowest BCUT2D eigenvalue weighted by atomic mass is 9.93. The first-order valence-electron chi connectivity index (χ1n) is 7.56. The standard InChI is InChI=1S/C19H13NO4S/c21-25(22,23)19-20-18-16(24-19)12-11-15(13-7-3-1-4-8-13)17(18)14-9-5-2-6-10-14/h1-12H,(H,21,22,23). The quantitative estimate of drug-likeness (QED) is 0.553. The largest absolute Gasteiger partial charge is 0.426 e. The summed E-state index contributed by atoms with van der Waals surface area (Å²) in [5, 5.41) is -0.704. The Hall–Kier alpha value is -2.96. The van der Waals surface area contributed by atoms with E-state index in [1.54, 1.807) is 6.07 Å². The van der Waals surface area contributed by atoms with Gasteiger partial charge in [-0.3, -0.25) is 4.55 Å². The molecule has 0 bridgehead atoms. The van der Waals surface area contributed by atoms with Crippen LogP contribution >= 0.6 is 0 Å². The van der Waals surface area contributed by atoms with Crippen molar-refractivity contribution in [3.63, 3.8) is 0 Å². The van der Waals surface area contributed by atoms with E-state index in [-0.39, 0.29) is 0 Å². The second-order valence-electron chi connectivity index (χ2n) is 5.52. The molecule has 1 aromatic heterocycles. The summed E-state index contributed by atoms with van der Waals surface area (Å²) in [5.74, 6) is 0. The third-order valence-electron chi connectivity index (χ3n) is 3.91. The summed E-state index contributed by atoms with van der Waals surface area (Å²) in [7, 11) is -4.52.